The van der Waals surface area contributed by atoms with E-state index in [0.717, 1.165) is 23.2 Å². The number of hydrogen-bond donors (Lipinski definition) is 1. The third-order valence-electron chi connectivity index (χ3n) is 4.41. The summed E-state index contributed by atoms with van der Waals surface area (Å²) in [4.78, 5) is 10.8. The molecule has 2 unspecified atom stereocenters. The summed E-state index contributed by atoms with van der Waals surface area (Å²) in [7, 11) is 0. The molecule has 1 N–H and O–H groups in total. The van der Waals surface area contributed by atoms with Crippen LogP contribution in [0.15, 0.2) is 12.1 Å². The molecule has 20 heavy (non-hydrogen) atoms. The highest BCUT2D eigenvalue weighted by Crippen LogP contribution is 2.42. The van der Waals surface area contributed by atoms with Gasteiger partial charge in [-0.1, -0.05) is 20.8 Å². The zero-order valence-electron chi connectivity index (χ0n) is 13.0. The first-order valence-electron chi connectivity index (χ1n) is 7.22. The molecule has 4 nitrogen and oxygen atoms in total. The Kier molecular flexibility index (Phi) is 3.76. The molecule has 1 aromatic rings. The van der Waals surface area contributed by atoms with Crippen molar-refractivity contribution in [2.75, 3.05) is 5.32 Å². The minimum atomic E-state index is -0.304. The fraction of sp³-hybridized carbons (Fsp3) is 0.625. The maximum atomic E-state index is 11.1. The first-order valence-corrected chi connectivity index (χ1v) is 7.22. The standard InChI is InChI=1S/C16H24N2O2/c1-10-6-11(2)15(18(19)20)7-13(10)17-14-9-16(4,5)8-12(14)3/h6-7,12,14,17H,8-9H2,1-5H3. The number of rotatable bonds is 3. The Morgan fingerprint density at radius 3 is 2.40 bits per heavy atom. The normalized spacial score (nSPS) is 24.6. The number of aryl methyl sites for hydroxylation is 2. The van der Waals surface area contributed by atoms with Crippen molar-refractivity contribution in [1.29, 1.82) is 0 Å². The summed E-state index contributed by atoms with van der Waals surface area (Å²) in [5, 5.41) is 14.6. The van der Waals surface area contributed by atoms with E-state index in [0.29, 0.717) is 17.4 Å². The fourth-order valence-corrected chi connectivity index (χ4v) is 3.48. The van der Waals surface area contributed by atoms with Gasteiger partial charge in [0.05, 0.1) is 4.92 Å². The fourth-order valence-electron chi connectivity index (χ4n) is 3.48. The van der Waals surface area contributed by atoms with Crippen LogP contribution in [0.3, 0.4) is 0 Å². The highest BCUT2D eigenvalue weighted by atomic mass is 16.6. The number of nitrogens with one attached hydrogen (secondary N) is 1. The van der Waals surface area contributed by atoms with Crippen LogP contribution >= 0.6 is 0 Å². The summed E-state index contributed by atoms with van der Waals surface area (Å²) in [6.07, 6.45) is 2.30. The van der Waals surface area contributed by atoms with Crippen molar-refractivity contribution in [2.24, 2.45) is 11.3 Å². The van der Waals surface area contributed by atoms with Gasteiger partial charge in [0.15, 0.2) is 0 Å². The van der Waals surface area contributed by atoms with E-state index in [2.05, 4.69) is 26.1 Å². The van der Waals surface area contributed by atoms with Gasteiger partial charge in [0, 0.05) is 23.4 Å². The molecule has 2 rings (SSSR count). The second-order valence-corrected chi connectivity index (χ2v) is 7.01. The van der Waals surface area contributed by atoms with E-state index in [-0.39, 0.29) is 10.6 Å². The minimum Gasteiger partial charge on any atom is -0.382 e. The zero-order valence-corrected chi connectivity index (χ0v) is 13.0. The van der Waals surface area contributed by atoms with Crippen molar-refractivity contribution >= 4 is 11.4 Å². The summed E-state index contributed by atoms with van der Waals surface area (Å²) >= 11 is 0. The highest BCUT2D eigenvalue weighted by Gasteiger charge is 2.36. The second kappa shape index (κ2) is 5.08. The summed E-state index contributed by atoms with van der Waals surface area (Å²) in [6, 6.07) is 3.97. The van der Waals surface area contributed by atoms with Crippen molar-refractivity contribution < 1.29 is 4.92 Å². The van der Waals surface area contributed by atoms with Crippen LogP contribution in [0.1, 0.15) is 44.7 Å². The van der Waals surface area contributed by atoms with E-state index in [9.17, 15) is 10.1 Å². The van der Waals surface area contributed by atoms with Gasteiger partial charge in [0.25, 0.3) is 5.69 Å². The SMILES string of the molecule is Cc1cc(C)c([N+](=O)[O-])cc1NC1CC(C)(C)CC1C. The molecule has 0 radical (unpaired) electrons. The molecule has 1 saturated carbocycles. The number of hydrogen-bond acceptors (Lipinski definition) is 3. The zero-order chi connectivity index (χ0) is 15.1. The third-order valence-corrected chi connectivity index (χ3v) is 4.41. The van der Waals surface area contributed by atoms with Crippen molar-refractivity contribution in [1.82, 2.24) is 0 Å². The van der Waals surface area contributed by atoms with Crippen molar-refractivity contribution in [3.63, 3.8) is 0 Å². The van der Waals surface area contributed by atoms with Crippen LogP contribution < -0.4 is 5.32 Å². The Hall–Kier alpha value is -1.58. The molecule has 0 aliphatic heterocycles. The van der Waals surface area contributed by atoms with Gasteiger partial charge in [0.2, 0.25) is 0 Å². The van der Waals surface area contributed by atoms with Crippen LogP contribution in [0.2, 0.25) is 0 Å². The summed E-state index contributed by atoms with van der Waals surface area (Å²) in [6.45, 7) is 10.6. The van der Waals surface area contributed by atoms with Crippen LogP contribution in [0.4, 0.5) is 11.4 Å². The predicted octanol–water partition coefficient (Wildman–Crippen LogP) is 4.45. The Morgan fingerprint density at radius 2 is 1.90 bits per heavy atom. The van der Waals surface area contributed by atoms with E-state index in [1.807, 2.05) is 13.0 Å². The smallest absolute Gasteiger partial charge is 0.274 e. The molecule has 0 heterocycles. The van der Waals surface area contributed by atoms with E-state index in [1.54, 1.807) is 13.0 Å². The number of nitro benzene ring substituents is 1. The molecule has 1 aromatic carbocycles. The average molecular weight is 276 g/mol. The summed E-state index contributed by atoms with van der Waals surface area (Å²) < 4.78 is 0. The molecule has 1 aliphatic rings. The van der Waals surface area contributed by atoms with Crippen LogP contribution in [0.5, 0.6) is 0 Å². The van der Waals surface area contributed by atoms with Gasteiger partial charge in [-0.25, -0.2) is 0 Å². The molecule has 1 aliphatic carbocycles. The first-order chi connectivity index (χ1) is 9.19. The van der Waals surface area contributed by atoms with Crippen molar-refractivity contribution in [3.05, 3.63) is 33.4 Å². The molecule has 110 valence electrons. The number of benzene rings is 1. The lowest BCUT2D eigenvalue weighted by Gasteiger charge is -2.21. The van der Waals surface area contributed by atoms with Gasteiger partial charge >= 0.3 is 0 Å². The molecular formula is C16H24N2O2. The van der Waals surface area contributed by atoms with E-state index >= 15 is 0 Å². The van der Waals surface area contributed by atoms with Crippen LogP contribution in [-0.4, -0.2) is 11.0 Å². The average Bonchev–Trinajstić information content (AvgIpc) is 2.55. The molecule has 0 aromatic heterocycles. The highest BCUT2D eigenvalue weighted by molar-refractivity contribution is 5.60. The van der Waals surface area contributed by atoms with E-state index in [1.165, 1.54) is 6.42 Å². The van der Waals surface area contributed by atoms with Gasteiger partial charge in [-0.2, -0.15) is 0 Å². The van der Waals surface area contributed by atoms with E-state index in [4.69, 9.17) is 0 Å². The molecule has 0 amide bonds. The lowest BCUT2D eigenvalue weighted by Crippen LogP contribution is -2.23. The van der Waals surface area contributed by atoms with Gasteiger partial charge in [-0.05, 0) is 49.7 Å². The number of anilines is 1. The number of nitro groups is 1. The quantitative estimate of drug-likeness (QED) is 0.655. The maximum absolute atomic E-state index is 11.1. The molecule has 4 heteroatoms. The van der Waals surface area contributed by atoms with E-state index < -0.39 is 0 Å². The molecule has 0 spiro atoms. The van der Waals surface area contributed by atoms with Crippen LogP contribution in [0.25, 0.3) is 0 Å². The molecule has 2 atom stereocenters. The van der Waals surface area contributed by atoms with Crippen LogP contribution in [0, 0.1) is 35.3 Å². The van der Waals surface area contributed by atoms with Gasteiger partial charge in [0.1, 0.15) is 0 Å². The summed E-state index contributed by atoms with van der Waals surface area (Å²) in [5.41, 5.74) is 3.24. The minimum absolute atomic E-state index is 0.197. The maximum Gasteiger partial charge on any atom is 0.274 e. The Labute approximate surface area is 120 Å². The lowest BCUT2D eigenvalue weighted by atomic mass is 9.91. The van der Waals surface area contributed by atoms with Gasteiger partial charge < -0.3 is 5.32 Å². The van der Waals surface area contributed by atoms with Gasteiger partial charge in [-0.3, -0.25) is 10.1 Å². The number of nitrogens with zero attached hydrogens (tertiary/aromatic N) is 1. The van der Waals surface area contributed by atoms with Crippen molar-refractivity contribution in [3.8, 4) is 0 Å². The molecular weight excluding hydrogens is 252 g/mol. The largest absolute Gasteiger partial charge is 0.382 e. The molecule has 0 bridgehead atoms. The Balaban J connectivity index is 2.26. The Bertz CT molecular complexity index is 538. The first kappa shape index (κ1) is 14.8. The van der Waals surface area contributed by atoms with Crippen LogP contribution in [-0.2, 0) is 0 Å². The topological polar surface area (TPSA) is 55.2 Å². The monoisotopic (exact) mass is 276 g/mol. The summed E-state index contributed by atoms with van der Waals surface area (Å²) in [5.74, 6) is 0.588. The molecule has 0 saturated heterocycles. The predicted molar refractivity (Wildman–Crippen MR) is 82.2 cm³/mol. The molecule has 1 fully saturated rings. The van der Waals surface area contributed by atoms with Crippen molar-refractivity contribution in [2.45, 2.75) is 53.5 Å². The Morgan fingerprint density at radius 1 is 1.25 bits per heavy atom. The second-order valence-electron chi connectivity index (χ2n) is 7.01. The van der Waals surface area contributed by atoms with Gasteiger partial charge in [-0.15, -0.1) is 0 Å². The lowest BCUT2D eigenvalue weighted by molar-refractivity contribution is -0.385. The third kappa shape index (κ3) is 2.94.